The molecule has 26 heavy (non-hydrogen) atoms. The minimum absolute atomic E-state index is 0.0649. The van der Waals surface area contributed by atoms with E-state index >= 15 is 0 Å². The molecular weight excluding hydrogens is 348 g/mol. The van der Waals surface area contributed by atoms with E-state index in [0.29, 0.717) is 6.42 Å². The fourth-order valence-electron chi connectivity index (χ4n) is 1.83. The topological polar surface area (TPSA) is 188 Å². The van der Waals surface area contributed by atoms with Crippen molar-refractivity contribution < 1.29 is 34.2 Å². The van der Waals surface area contributed by atoms with Gasteiger partial charge in [-0.25, -0.2) is 4.79 Å². The van der Waals surface area contributed by atoms with Crippen LogP contribution in [0.4, 0.5) is 0 Å². The molecule has 0 aromatic rings. The summed E-state index contributed by atoms with van der Waals surface area (Å²) < 4.78 is 0. The highest BCUT2D eigenvalue weighted by molar-refractivity contribution is 5.93. The first-order chi connectivity index (χ1) is 12.0. The second kappa shape index (κ2) is 11.0. The van der Waals surface area contributed by atoms with Gasteiger partial charge in [-0.05, 0) is 12.8 Å². The van der Waals surface area contributed by atoms with E-state index in [1.165, 1.54) is 6.92 Å². The van der Waals surface area contributed by atoms with Crippen molar-refractivity contribution in [3.05, 3.63) is 0 Å². The number of hydrogen-bond donors (Lipinski definition) is 6. The molecule has 3 amide bonds. The van der Waals surface area contributed by atoms with Crippen molar-refractivity contribution >= 4 is 29.7 Å². The van der Waals surface area contributed by atoms with Gasteiger partial charge in [0.1, 0.15) is 12.1 Å². The average Bonchev–Trinajstić information content (AvgIpc) is 2.56. The Morgan fingerprint density at radius 2 is 1.58 bits per heavy atom. The maximum Gasteiger partial charge on any atom is 0.326 e. The molecule has 0 saturated carbocycles. The molecule has 0 aromatic carbocycles. The van der Waals surface area contributed by atoms with Gasteiger partial charge in [-0.2, -0.15) is 0 Å². The number of carboxylic acid groups (broad SMARTS) is 2. The normalized spacial score (nSPS) is 15.1. The summed E-state index contributed by atoms with van der Waals surface area (Å²) in [6, 6.07) is -3.51. The molecule has 0 fully saturated rings. The SMILES string of the molecule is CCC(C)C(N)C(=O)NCC(=O)NC(C)C(=O)NC(CC(=O)O)C(=O)O. The molecular formula is C15H26N4O7. The fraction of sp³-hybridized carbons (Fsp3) is 0.667. The number of nitrogens with two attached hydrogens (primary N) is 1. The molecule has 148 valence electrons. The molecule has 7 N–H and O–H groups in total. The lowest BCUT2D eigenvalue weighted by atomic mass is 9.99. The van der Waals surface area contributed by atoms with E-state index in [1.807, 2.05) is 12.2 Å². The maximum absolute atomic E-state index is 11.9. The van der Waals surface area contributed by atoms with Gasteiger partial charge < -0.3 is 31.9 Å². The Morgan fingerprint density at radius 3 is 2.04 bits per heavy atom. The molecule has 0 aromatic heterocycles. The molecule has 0 saturated heterocycles. The minimum atomic E-state index is -1.62. The molecule has 0 aliphatic rings. The molecule has 11 heteroatoms. The van der Waals surface area contributed by atoms with Crippen molar-refractivity contribution in [1.82, 2.24) is 16.0 Å². The van der Waals surface area contributed by atoms with Gasteiger partial charge >= 0.3 is 11.9 Å². The summed E-state index contributed by atoms with van der Waals surface area (Å²) in [7, 11) is 0. The molecule has 0 radical (unpaired) electrons. The molecule has 0 bridgehead atoms. The lowest BCUT2D eigenvalue weighted by Crippen LogP contribution is -2.53. The van der Waals surface area contributed by atoms with Crippen LogP contribution in [0.25, 0.3) is 0 Å². The van der Waals surface area contributed by atoms with Gasteiger partial charge in [-0.3, -0.25) is 19.2 Å². The zero-order valence-electron chi connectivity index (χ0n) is 14.9. The van der Waals surface area contributed by atoms with Crippen LogP contribution in [0.1, 0.15) is 33.6 Å². The van der Waals surface area contributed by atoms with Crippen LogP contribution < -0.4 is 21.7 Å². The highest BCUT2D eigenvalue weighted by atomic mass is 16.4. The zero-order chi connectivity index (χ0) is 20.4. The summed E-state index contributed by atoms with van der Waals surface area (Å²) in [5.74, 6) is -5.01. The van der Waals surface area contributed by atoms with Crippen molar-refractivity contribution in [2.75, 3.05) is 6.54 Å². The molecule has 11 nitrogen and oxygen atoms in total. The molecule has 0 aliphatic carbocycles. The van der Waals surface area contributed by atoms with Crippen molar-refractivity contribution in [2.45, 2.75) is 51.7 Å². The molecule has 4 unspecified atom stereocenters. The van der Waals surface area contributed by atoms with E-state index in [0.717, 1.165) is 0 Å². The number of carbonyl (C=O) groups excluding carboxylic acids is 3. The van der Waals surface area contributed by atoms with E-state index in [1.54, 1.807) is 6.92 Å². The second-order valence-corrected chi connectivity index (χ2v) is 5.92. The first kappa shape index (κ1) is 23.3. The van der Waals surface area contributed by atoms with Crippen LogP contribution in [0.15, 0.2) is 0 Å². The third-order valence-electron chi connectivity index (χ3n) is 3.75. The number of rotatable bonds is 11. The Labute approximate surface area is 150 Å². The monoisotopic (exact) mass is 374 g/mol. The Morgan fingerprint density at radius 1 is 1.00 bits per heavy atom. The van der Waals surface area contributed by atoms with Crippen LogP contribution in [0.5, 0.6) is 0 Å². The Hall–Kier alpha value is -2.69. The lowest BCUT2D eigenvalue weighted by molar-refractivity contribution is -0.147. The predicted octanol–water partition coefficient (Wildman–Crippen LogP) is -1.98. The van der Waals surface area contributed by atoms with Crippen molar-refractivity contribution in [3.63, 3.8) is 0 Å². The third kappa shape index (κ3) is 8.42. The summed E-state index contributed by atoms with van der Waals surface area (Å²) in [4.78, 5) is 56.9. The van der Waals surface area contributed by atoms with E-state index in [2.05, 4.69) is 10.6 Å². The van der Waals surface area contributed by atoms with E-state index < -0.39 is 60.8 Å². The number of hydrogen-bond acceptors (Lipinski definition) is 6. The van der Waals surface area contributed by atoms with Crippen molar-refractivity contribution in [2.24, 2.45) is 11.7 Å². The van der Waals surface area contributed by atoms with Gasteiger partial charge in [-0.15, -0.1) is 0 Å². The van der Waals surface area contributed by atoms with Crippen LogP contribution in [-0.2, 0) is 24.0 Å². The number of carboxylic acids is 2. The Bertz CT molecular complexity index is 552. The standard InChI is InChI=1S/C15H26N4O7/c1-4-7(2)12(16)14(24)17-6-10(20)18-8(3)13(23)19-9(15(25)26)5-11(21)22/h7-9,12H,4-6,16H2,1-3H3,(H,17,24)(H,18,20)(H,19,23)(H,21,22)(H,25,26). The summed E-state index contributed by atoms with van der Waals surface area (Å²) in [5, 5.41) is 24.1. The Balaban J connectivity index is 4.48. The summed E-state index contributed by atoms with van der Waals surface area (Å²) in [6.07, 6.45) is -0.107. The van der Waals surface area contributed by atoms with Gasteiger partial charge in [0, 0.05) is 0 Å². The summed E-state index contributed by atoms with van der Waals surface area (Å²) in [6.45, 7) is 4.56. The highest BCUT2D eigenvalue weighted by Crippen LogP contribution is 2.04. The third-order valence-corrected chi connectivity index (χ3v) is 3.75. The van der Waals surface area contributed by atoms with Crippen LogP contribution in [0.2, 0.25) is 0 Å². The first-order valence-corrected chi connectivity index (χ1v) is 8.07. The van der Waals surface area contributed by atoms with E-state index in [4.69, 9.17) is 15.9 Å². The van der Waals surface area contributed by atoms with Crippen LogP contribution in [-0.4, -0.2) is 64.5 Å². The fourth-order valence-corrected chi connectivity index (χ4v) is 1.83. The van der Waals surface area contributed by atoms with Crippen LogP contribution >= 0.6 is 0 Å². The smallest absolute Gasteiger partial charge is 0.326 e. The predicted molar refractivity (Wildman–Crippen MR) is 89.9 cm³/mol. The summed E-state index contributed by atoms with van der Waals surface area (Å²) >= 11 is 0. The zero-order valence-corrected chi connectivity index (χ0v) is 14.9. The van der Waals surface area contributed by atoms with Gasteiger partial charge in [0.2, 0.25) is 17.7 Å². The molecule has 0 heterocycles. The minimum Gasteiger partial charge on any atom is -0.481 e. The van der Waals surface area contributed by atoms with Gasteiger partial charge in [0.25, 0.3) is 0 Å². The Kier molecular flexibility index (Phi) is 9.89. The van der Waals surface area contributed by atoms with Gasteiger partial charge in [0.05, 0.1) is 19.0 Å². The van der Waals surface area contributed by atoms with Crippen molar-refractivity contribution in [1.29, 1.82) is 0 Å². The number of amides is 3. The average molecular weight is 374 g/mol. The van der Waals surface area contributed by atoms with Gasteiger partial charge in [-0.1, -0.05) is 20.3 Å². The molecule has 0 rings (SSSR count). The molecule has 4 atom stereocenters. The van der Waals surface area contributed by atoms with Gasteiger partial charge in [0.15, 0.2) is 0 Å². The van der Waals surface area contributed by atoms with Crippen LogP contribution in [0, 0.1) is 5.92 Å². The van der Waals surface area contributed by atoms with E-state index in [9.17, 15) is 24.0 Å². The molecule has 0 aliphatic heterocycles. The largest absolute Gasteiger partial charge is 0.481 e. The highest BCUT2D eigenvalue weighted by Gasteiger charge is 2.26. The lowest BCUT2D eigenvalue weighted by Gasteiger charge is -2.19. The maximum atomic E-state index is 11.9. The molecule has 0 spiro atoms. The second-order valence-electron chi connectivity index (χ2n) is 5.92. The van der Waals surface area contributed by atoms with Crippen LogP contribution in [0.3, 0.4) is 0 Å². The van der Waals surface area contributed by atoms with Crippen molar-refractivity contribution in [3.8, 4) is 0 Å². The first-order valence-electron chi connectivity index (χ1n) is 8.07. The van der Waals surface area contributed by atoms with E-state index in [-0.39, 0.29) is 5.92 Å². The quantitative estimate of drug-likeness (QED) is 0.240. The number of aliphatic carboxylic acids is 2. The number of nitrogens with one attached hydrogen (secondary N) is 3. The number of carbonyl (C=O) groups is 5. The summed E-state index contributed by atoms with van der Waals surface area (Å²) in [5.41, 5.74) is 5.72.